The van der Waals surface area contributed by atoms with Gasteiger partial charge in [0.25, 0.3) is 0 Å². The van der Waals surface area contributed by atoms with Crippen molar-refractivity contribution in [3.63, 3.8) is 0 Å². The maximum Gasteiger partial charge on any atom is 0.412 e. The number of benzene rings is 1. The second-order valence-electron chi connectivity index (χ2n) is 3.22. The molecule has 0 bridgehead atoms. The molecule has 0 amide bonds. The Morgan fingerprint density at radius 3 is 2.29 bits per heavy atom. The number of rotatable bonds is 5. The Labute approximate surface area is 97.1 Å². The molecule has 17 heavy (non-hydrogen) atoms. The second kappa shape index (κ2) is 5.56. The van der Waals surface area contributed by atoms with Gasteiger partial charge in [-0.2, -0.15) is 13.2 Å². The van der Waals surface area contributed by atoms with Crippen molar-refractivity contribution in [3.8, 4) is 5.75 Å². The molecule has 0 fully saturated rings. The minimum Gasteiger partial charge on any atom is -0.424 e. The van der Waals surface area contributed by atoms with Gasteiger partial charge in [0.2, 0.25) is 0 Å². The van der Waals surface area contributed by atoms with Crippen LogP contribution in [0.5, 0.6) is 5.75 Å². The number of halogens is 3. The first-order chi connectivity index (χ1) is 7.85. The monoisotopic (exact) mass is 268 g/mol. The van der Waals surface area contributed by atoms with E-state index in [1.54, 1.807) is 18.2 Å². The second-order valence-corrected chi connectivity index (χ2v) is 5.52. The Bertz CT molecular complexity index is 392. The molecule has 1 aromatic rings. The van der Waals surface area contributed by atoms with Crippen LogP contribution in [0.25, 0.3) is 0 Å². The summed E-state index contributed by atoms with van der Waals surface area (Å²) >= 11 is 0. The molecule has 0 saturated carbocycles. The Hall–Kier alpha value is -1.00. The molecule has 0 N–H and O–H groups in total. The molecule has 0 aromatic heterocycles. The third-order valence-electron chi connectivity index (χ3n) is 1.80. The Morgan fingerprint density at radius 2 is 1.82 bits per heavy atom. The van der Waals surface area contributed by atoms with E-state index in [0.717, 1.165) is 0 Å². The third-order valence-corrected chi connectivity index (χ3v) is 3.59. The van der Waals surface area contributed by atoms with E-state index in [9.17, 15) is 17.7 Å². The fourth-order valence-corrected chi connectivity index (χ4v) is 2.15. The van der Waals surface area contributed by atoms with Gasteiger partial charge < -0.3 is 4.52 Å². The maximum atomic E-state index is 12.0. The first kappa shape index (κ1) is 14.1. The standard InChI is InChI=1S/C10H12F3O3P/c1-2-17(14,15-8-10(11,12)13)16-9-6-4-3-5-7-9/h3-7H,2,8H2,1H3. The van der Waals surface area contributed by atoms with E-state index in [4.69, 9.17) is 4.52 Å². The highest BCUT2D eigenvalue weighted by Crippen LogP contribution is 2.48. The lowest BCUT2D eigenvalue weighted by Gasteiger charge is -2.18. The van der Waals surface area contributed by atoms with Gasteiger partial charge in [0, 0.05) is 0 Å². The number of hydrogen-bond acceptors (Lipinski definition) is 3. The van der Waals surface area contributed by atoms with Gasteiger partial charge in [0.05, 0.1) is 6.16 Å². The molecule has 0 aliphatic carbocycles. The van der Waals surface area contributed by atoms with Crippen LogP contribution in [-0.4, -0.2) is 18.9 Å². The van der Waals surface area contributed by atoms with E-state index in [0.29, 0.717) is 0 Å². The summed E-state index contributed by atoms with van der Waals surface area (Å²) in [4.78, 5) is 0. The highest BCUT2D eigenvalue weighted by atomic mass is 31.2. The Morgan fingerprint density at radius 1 is 1.24 bits per heavy atom. The summed E-state index contributed by atoms with van der Waals surface area (Å²) < 4.78 is 57.1. The molecule has 1 rings (SSSR count). The van der Waals surface area contributed by atoms with Crippen molar-refractivity contribution >= 4 is 7.60 Å². The fraction of sp³-hybridized carbons (Fsp3) is 0.400. The molecule has 1 atom stereocenters. The molecular weight excluding hydrogens is 256 g/mol. The summed E-state index contributed by atoms with van der Waals surface area (Å²) in [5.74, 6) is 0.222. The Kier molecular flexibility index (Phi) is 4.60. The highest BCUT2D eigenvalue weighted by molar-refractivity contribution is 7.54. The van der Waals surface area contributed by atoms with Crippen molar-refractivity contribution in [1.82, 2.24) is 0 Å². The molecule has 0 heterocycles. The molecule has 0 saturated heterocycles. The van der Waals surface area contributed by atoms with Gasteiger partial charge >= 0.3 is 13.8 Å². The summed E-state index contributed by atoms with van der Waals surface area (Å²) in [6, 6.07) is 7.96. The molecule has 3 nitrogen and oxygen atoms in total. The topological polar surface area (TPSA) is 35.5 Å². The van der Waals surface area contributed by atoms with E-state index in [1.165, 1.54) is 19.1 Å². The van der Waals surface area contributed by atoms with Crippen LogP contribution in [0.2, 0.25) is 0 Å². The predicted molar refractivity (Wildman–Crippen MR) is 57.2 cm³/mol. The number of alkyl halides is 3. The molecular formula is C10H12F3O3P. The van der Waals surface area contributed by atoms with Gasteiger partial charge in [0.15, 0.2) is 6.61 Å². The first-order valence-corrected chi connectivity index (χ1v) is 6.62. The van der Waals surface area contributed by atoms with Crippen molar-refractivity contribution in [3.05, 3.63) is 30.3 Å². The van der Waals surface area contributed by atoms with Gasteiger partial charge in [0.1, 0.15) is 5.75 Å². The largest absolute Gasteiger partial charge is 0.424 e. The summed E-state index contributed by atoms with van der Waals surface area (Å²) in [5.41, 5.74) is 0. The zero-order valence-corrected chi connectivity index (χ0v) is 10.0. The van der Waals surface area contributed by atoms with Crippen LogP contribution in [0.3, 0.4) is 0 Å². The predicted octanol–water partition coefficient (Wildman–Crippen LogP) is 3.86. The smallest absolute Gasteiger partial charge is 0.412 e. The maximum absolute atomic E-state index is 12.0. The van der Waals surface area contributed by atoms with Gasteiger partial charge in [-0.25, -0.2) is 4.57 Å². The molecule has 0 aliphatic heterocycles. The van der Waals surface area contributed by atoms with E-state index in [-0.39, 0.29) is 11.9 Å². The fourth-order valence-electron chi connectivity index (χ4n) is 0.996. The van der Waals surface area contributed by atoms with Crippen LogP contribution < -0.4 is 4.52 Å². The number of hydrogen-bond donors (Lipinski definition) is 0. The average Bonchev–Trinajstić information content (AvgIpc) is 2.27. The van der Waals surface area contributed by atoms with Crippen molar-refractivity contribution in [1.29, 1.82) is 0 Å². The van der Waals surface area contributed by atoms with Crippen molar-refractivity contribution < 1.29 is 26.8 Å². The van der Waals surface area contributed by atoms with Gasteiger partial charge in [-0.1, -0.05) is 25.1 Å². The highest BCUT2D eigenvalue weighted by Gasteiger charge is 2.34. The molecule has 7 heteroatoms. The van der Waals surface area contributed by atoms with Crippen LogP contribution in [0.4, 0.5) is 13.2 Å². The average molecular weight is 268 g/mol. The van der Waals surface area contributed by atoms with E-state index >= 15 is 0 Å². The van der Waals surface area contributed by atoms with Gasteiger partial charge in [-0.3, -0.25) is 4.52 Å². The molecule has 0 radical (unpaired) electrons. The van der Waals surface area contributed by atoms with Crippen molar-refractivity contribution in [2.24, 2.45) is 0 Å². The van der Waals surface area contributed by atoms with Crippen LogP contribution in [0, 0.1) is 0 Å². The SMILES string of the molecule is CCP(=O)(OCC(F)(F)F)Oc1ccccc1. The lowest BCUT2D eigenvalue weighted by molar-refractivity contribution is -0.154. The minimum atomic E-state index is -4.52. The lowest BCUT2D eigenvalue weighted by atomic mass is 10.3. The normalized spacial score (nSPS) is 15.3. The van der Waals surface area contributed by atoms with Crippen LogP contribution in [-0.2, 0) is 9.09 Å². The zero-order chi connectivity index (χ0) is 12.9. The van der Waals surface area contributed by atoms with Crippen molar-refractivity contribution in [2.75, 3.05) is 12.8 Å². The van der Waals surface area contributed by atoms with Crippen LogP contribution in [0.15, 0.2) is 30.3 Å². The summed E-state index contributed by atoms with van der Waals surface area (Å²) in [5, 5.41) is 0. The third kappa shape index (κ3) is 5.24. The zero-order valence-electron chi connectivity index (χ0n) is 9.11. The van der Waals surface area contributed by atoms with E-state index in [1.807, 2.05) is 0 Å². The quantitative estimate of drug-likeness (QED) is 0.761. The summed E-state index contributed by atoms with van der Waals surface area (Å²) in [7, 11) is -3.74. The van der Waals surface area contributed by atoms with Gasteiger partial charge in [-0.05, 0) is 12.1 Å². The van der Waals surface area contributed by atoms with Gasteiger partial charge in [-0.15, -0.1) is 0 Å². The molecule has 0 spiro atoms. The minimum absolute atomic E-state index is 0.127. The molecule has 1 unspecified atom stereocenters. The summed E-state index contributed by atoms with van der Waals surface area (Å²) in [6.45, 7) is -0.134. The van der Waals surface area contributed by atoms with E-state index < -0.39 is 20.4 Å². The number of para-hydroxylation sites is 1. The molecule has 0 aliphatic rings. The first-order valence-electron chi connectivity index (χ1n) is 4.90. The van der Waals surface area contributed by atoms with E-state index in [2.05, 4.69) is 4.52 Å². The van der Waals surface area contributed by atoms with Crippen LogP contribution in [0.1, 0.15) is 6.92 Å². The molecule has 96 valence electrons. The Balaban J connectivity index is 2.66. The molecule has 1 aromatic carbocycles. The van der Waals surface area contributed by atoms with Crippen molar-refractivity contribution in [2.45, 2.75) is 13.1 Å². The van der Waals surface area contributed by atoms with Crippen LogP contribution >= 0.6 is 7.60 Å². The summed E-state index contributed by atoms with van der Waals surface area (Å²) in [6.07, 6.45) is -4.65. The lowest BCUT2D eigenvalue weighted by Crippen LogP contribution is -2.17.